The highest BCUT2D eigenvalue weighted by atomic mass is 15.1. The highest BCUT2D eigenvalue weighted by molar-refractivity contribution is 4.60. The van der Waals surface area contributed by atoms with Gasteiger partial charge in [0.15, 0.2) is 0 Å². The molecule has 0 saturated carbocycles. The summed E-state index contributed by atoms with van der Waals surface area (Å²) in [5.41, 5.74) is 7.12. The molecule has 0 aliphatic carbocycles. The molecule has 0 atom stereocenters. The molecule has 12 heavy (non-hydrogen) atoms. The maximum absolute atomic E-state index is 7.12. The van der Waals surface area contributed by atoms with Crippen LogP contribution in [0.25, 0.3) is 0 Å². The summed E-state index contributed by atoms with van der Waals surface area (Å²) in [6.07, 6.45) is 0. The van der Waals surface area contributed by atoms with Crippen molar-refractivity contribution < 1.29 is 0 Å². The van der Waals surface area contributed by atoms with E-state index < -0.39 is 0 Å². The van der Waals surface area contributed by atoms with E-state index in [4.69, 9.17) is 5.73 Å². The molecule has 0 aromatic rings. The van der Waals surface area contributed by atoms with E-state index >= 15 is 0 Å². The van der Waals surface area contributed by atoms with Crippen molar-refractivity contribution in [1.82, 2.24) is 21.3 Å². The molecule has 0 heterocycles. The number of nitrogens with one attached hydrogen (secondary N) is 3. The number of hydrogen-bond acceptors (Lipinski definition) is 3. The van der Waals surface area contributed by atoms with E-state index in [-0.39, 0.29) is 0 Å². The van der Waals surface area contributed by atoms with Crippen molar-refractivity contribution in [1.29, 1.82) is 0 Å². The Labute approximate surface area is 75.5 Å². The second-order valence-corrected chi connectivity index (χ2v) is 2.80. The minimum atomic E-state index is 0.493. The van der Waals surface area contributed by atoms with E-state index in [2.05, 4.69) is 15.5 Å². The molecule has 0 amide bonds. The van der Waals surface area contributed by atoms with Gasteiger partial charge in [0.2, 0.25) is 0 Å². The highest BCUT2D eigenvalue weighted by Gasteiger charge is 2.00. The molecular weight excluding hydrogens is 152 g/mol. The van der Waals surface area contributed by atoms with Gasteiger partial charge in [-0.25, -0.2) is 0 Å². The molecule has 0 aliphatic rings. The number of likely N-dealkylation sites (N-methyl/N-ethyl adjacent to an activating group) is 2. The van der Waals surface area contributed by atoms with Gasteiger partial charge >= 0.3 is 0 Å². The molecule has 0 aromatic heterocycles. The maximum Gasteiger partial charge on any atom is 0.0228 e. The van der Waals surface area contributed by atoms with E-state index in [0.29, 0.717) is 6.54 Å². The van der Waals surface area contributed by atoms with E-state index in [1.54, 1.807) is 0 Å². The van der Waals surface area contributed by atoms with Crippen LogP contribution in [0.5, 0.6) is 0 Å². The van der Waals surface area contributed by atoms with Gasteiger partial charge < -0.3 is 10.6 Å². The fraction of sp³-hybridized carbons (Fsp3) is 1.00. The van der Waals surface area contributed by atoms with Crippen LogP contribution in [0.3, 0.4) is 0 Å². The van der Waals surface area contributed by atoms with Crippen LogP contribution in [-0.4, -0.2) is 58.3 Å². The minimum Gasteiger partial charge on any atom is -0.318 e. The molecule has 4 nitrogen and oxygen atoms in total. The smallest absolute Gasteiger partial charge is 0.0228 e. The summed E-state index contributed by atoms with van der Waals surface area (Å²) in [6.45, 7) is 5.46. The van der Waals surface area contributed by atoms with E-state index in [9.17, 15) is 0 Å². The van der Waals surface area contributed by atoms with Gasteiger partial charge in [-0.2, -0.15) is 0 Å². The zero-order valence-electron chi connectivity index (χ0n) is 8.19. The molecule has 0 bridgehead atoms. The Morgan fingerprint density at radius 2 is 1.50 bits per heavy atom. The third kappa shape index (κ3) is 6.54. The predicted molar refractivity (Wildman–Crippen MR) is 52.3 cm³/mol. The van der Waals surface area contributed by atoms with Gasteiger partial charge in [0, 0.05) is 39.3 Å². The Bertz CT molecular complexity index is 79.1. The fourth-order valence-corrected chi connectivity index (χ4v) is 1.03. The van der Waals surface area contributed by atoms with Crippen molar-refractivity contribution in [3.63, 3.8) is 0 Å². The monoisotopic (exact) mass is 173 g/mol. The van der Waals surface area contributed by atoms with Gasteiger partial charge in [0.25, 0.3) is 0 Å². The van der Waals surface area contributed by atoms with Crippen LogP contribution in [0, 0.1) is 0 Å². The molecule has 0 aliphatic heterocycles. The Hall–Kier alpha value is -0.160. The van der Waals surface area contributed by atoms with Crippen LogP contribution in [-0.2, 0) is 0 Å². The quantitative estimate of drug-likeness (QED) is 0.495. The lowest BCUT2D eigenvalue weighted by atomic mass is 10.4. The number of hydrogen-bond donors (Lipinski definition) is 2. The van der Waals surface area contributed by atoms with E-state index in [0.717, 1.165) is 32.7 Å². The van der Waals surface area contributed by atoms with Crippen LogP contribution in [0.1, 0.15) is 0 Å². The molecule has 73 valence electrons. The average molecular weight is 173 g/mol. The third-order valence-corrected chi connectivity index (χ3v) is 1.78. The van der Waals surface area contributed by atoms with Crippen molar-refractivity contribution in [3.8, 4) is 0 Å². The topological polar surface area (TPSA) is 51.1 Å². The van der Waals surface area contributed by atoms with Crippen molar-refractivity contribution in [3.05, 3.63) is 0 Å². The minimum absolute atomic E-state index is 0.493. The average Bonchev–Trinajstić information content (AvgIpc) is 2.10. The van der Waals surface area contributed by atoms with Crippen molar-refractivity contribution in [2.75, 3.05) is 53.4 Å². The van der Waals surface area contributed by atoms with Gasteiger partial charge in [-0.15, -0.1) is 0 Å². The lowest BCUT2D eigenvalue weighted by Crippen LogP contribution is -2.37. The first-order chi connectivity index (χ1) is 5.85. The number of nitrogens with zero attached hydrogens (tertiary/aromatic N) is 1. The Kier molecular flexibility index (Phi) is 8.81. The maximum atomic E-state index is 7.12. The summed E-state index contributed by atoms with van der Waals surface area (Å²) in [6, 6.07) is 0. The summed E-state index contributed by atoms with van der Waals surface area (Å²) in [5.74, 6) is 0. The normalized spacial score (nSPS) is 11.0. The summed E-state index contributed by atoms with van der Waals surface area (Å²) in [5, 5.41) is 6.22. The molecule has 0 unspecified atom stereocenters. The summed E-state index contributed by atoms with van der Waals surface area (Å²) < 4.78 is 0. The Balaban J connectivity index is 3.40. The lowest BCUT2D eigenvalue weighted by Gasteiger charge is -2.20. The SMILES string of the molecule is CNCCN(CC[NH])CCNC. The largest absolute Gasteiger partial charge is 0.318 e. The van der Waals surface area contributed by atoms with E-state index in [1.165, 1.54) is 0 Å². The fourth-order valence-electron chi connectivity index (χ4n) is 1.03. The molecule has 4 heteroatoms. The lowest BCUT2D eigenvalue weighted by molar-refractivity contribution is 0.283. The van der Waals surface area contributed by atoms with Gasteiger partial charge in [0.1, 0.15) is 0 Å². The first-order valence-corrected chi connectivity index (χ1v) is 4.51. The van der Waals surface area contributed by atoms with Crippen LogP contribution in [0.15, 0.2) is 0 Å². The Morgan fingerprint density at radius 3 is 1.83 bits per heavy atom. The number of rotatable bonds is 8. The van der Waals surface area contributed by atoms with E-state index in [1.807, 2.05) is 14.1 Å². The second-order valence-electron chi connectivity index (χ2n) is 2.80. The van der Waals surface area contributed by atoms with Gasteiger partial charge in [-0.05, 0) is 14.1 Å². The van der Waals surface area contributed by atoms with Crippen LogP contribution in [0.2, 0.25) is 0 Å². The molecule has 0 saturated heterocycles. The summed E-state index contributed by atoms with van der Waals surface area (Å²) in [7, 11) is 3.91. The summed E-state index contributed by atoms with van der Waals surface area (Å²) in [4.78, 5) is 2.29. The molecule has 3 N–H and O–H groups in total. The molecule has 0 spiro atoms. The zero-order chi connectivity index (χ0) is 9.23. The second kappa shape index (κ2) is 8.93. The standard InChI is InChI=1S/C8H21N4/c1-10-4-7-12(6-3-9)8-5-11-2/h9-11H,3-8H2,1-2H3. The third-order valence-electron chi connectivity index (χ3n) is 1.78. The van der Waals surface area contributed by atoms with Crippen molar-refractivity contribution in [2.24, 2.45) is 0 Å². The highest BCUT2D eigenvalue weighted by Crippen LogP contribution is 1.84. The predicted octanol–water partition coefficient (Wildman–Crippen LogP) is -0.990. The molecule has 0 fully saturated rings. The first-order valence-electron chi connectivity index (χ1n) is 4.51. The summed E-state index contributed by atoms with van der Waals surface area (Å²) >= 11 is 0. The molecule has 1 radical (unpaired) electrons. The Morgan fingerprint density at radius 1 is 1.00 bits per heavy atom. The first kappa shape index (κ1) is 11.8. The van der Waals surface area contributed by atoms with Gasteiger partial charge in [0.05, 0.1) is 0 Å². The van der Waals surface area contributed by atoms with Gasteiger partial charge in [-0.3, -0.25) is 10.6 Å². The van der Waals surface area contributed by atoms with Crippen LogP contribution < -0.4 is 16.4 Å². The van der Waals surface area contributed by atoms with Crippen molar-refractivity contribution in [2.45, 2.75) is 0 Å². The molecular formula is C8H21N4. The molecule has 0 rings (SSSR count). The van der Waals surface area contributed by atoms with Crippen molar-refractivity contribution >= 4 is 0 Å². The molecule has 0 aromatic carbocycles. The van der Waals surface area contributed by atoms with Crippen LogP contribution >= 0.6 is 0 Å². The van der Waals surface area contributed by atoms with Crippen LogP contribution in [0.4, 0.5) is 0 Å². The zero-order valence-corrected chi connectivity index (χ0v) is 8.19. The van der Waals surface area contributed by atoms with Gasteiger partial charge in [-0.1, -0.05) is 0 Å².